The molecule has 0 aliphatic heterocycles. The highest BCUT2D eigenvalue weighted by Gasteiger charge is 2.24. The second-order valence-corrected chi connectivity index (χ2v) is 13.6. The third-order valence-electron chi connectivity index (χ3n) is 10.3. The molecule has 1 aliphatic rings. The zero-order valence-electron chi connectivity index (χ0n) is 27.4. The van der Waals surface area contributed by atoms with Crippen LogP contribution in [0.25, 0.3) is 76.9 Å². The Bertz CT molecular complexity index is 2750. The summed E-state index contributed by atoms with van der Waals surface area (Å²) in [5.74, 6) is 0.429. The van der Waals surface area contributed by atoms with Crippen LogP contribution in [-0.2, 0) is 0 Å². The Morgan fingerprint density at radius 2 is 1.02 bits per heavy atom. The van der Waals surface area contributed by atoms with Crippen molar-refractivity contribution in [1.82, 2.24) is 0 Å². The molecule has 0 fully saturated rings. The molecule has 232 valence electrons. The molecular formula is C47H33NO. The van der Waals surface area contributed by atoms with E-state index in [1.807, 2.05) is 12.1 Å². The second kappa shape index (κ2) is 10.7. The monoisotopic (exact) mass is 627 g/mol. The number of anilines is 3. The molecule has 1 aliphatic carbocycles. The van der Waals surface area contributed by atoms with Gasteiger partial charge >= 0.3 is 0 Å². The summed E-state index contributed by atoms with van der Waals surface area (Å²) in [5.41, 5.74) is 14.4. The van der Waals surface area contributed by atoms with E-state index in [1.54, 1.807) is 0 Å². The molecule has 0 amide bonds. The van der Waals surface area contributed by atoms with Gasteiger partial charge in [0.15, 0.2) is 0 Å². The molecule has 2 nitrogen and oxygen atoms in total. The van der Waals surface area contributed by atoms with Crippen LogP contribution in [0.3, 0.4) is 0 Å². The molecule has 0 spiro atoms. The van der Waals surface area contributed by atoms with Crippen molar-refractivity contribution < 1.29 is 4.42 Å². The van der Waals surface area contributed by atoms with E-state index in [0.29, 0.717) is 5.92 Å². The Hall–Kier alpha value is -6.12. The predicted molar refractivity (Wildman–Crippen MR) is 207 cm³/mol. The molecule has 0 saturated heterocycles. The lowest BCUT2D eigenvalue weighted by Gasteiger charge is -2.28. The van der Waals surface area contributed by atoms with Crippen LogP contribution < -0.4 is 4.90 Å². The molecule has 9 aromatic rings. The Morgan fingerprint density at radius 1 is 0.408 bits per heavy atom. The molecule has 49 heavy (non-hydrogen) atoms. The first-order chi connectivity index (χ1) is 24.1. The molecule has 0 N–H and O–H groups in total. The lowest BCUT2D eigenvalue weighted by Crippen LogP contribution is -2.10. The van der Waals surface area contributed by atoms with E-state index >= 15 is 0 Å². The summed E-state index contributed by atoms with van der Waals surface area (Å²) in [6, 6.07) is 57.7. The molecule has 10 rings (SSSR count). The summed E-state index contributed by atoms with van der Waals surface area (Å²) in [7, 11) is 0. The molecule has 8 aromatic carbocycles. The van der Waals surface area contributed by atoms with Crippen LogP contribution in [0.2, 0.25) is 0 Å². The van der Waals surface area contributed by atoms with Gasteiger partial charge in [-0.3, -0.25) is 0 Å². The lowest BCUT2D eigenvalue weighted by molar-refractivity contribution is 0.669. The number of nitrogens with zero attached hydrogens (tertiary/aromatic N) is 1. The summed E-state index contributed by atoms with van der Waals surface area (Å²) in [4.78, 5) is 2.39. The highest BCUT2D eigenvalue weighted by molar-refractivity contribution is 6.13. The third-order valence-corrected chi connectivity index (χ3v) is 10.3. The minimum Gasteiger partial charge on any atom is -0.456 e. The topological polar surface area (TPSA) is 16.4 Å². The smallest absolute Gasteiger partial charge is 0.135 e. The molecule has 0 saturated carbocycles. The Labute approximate surface area is 285 Å². The fourth-order valence-electron chi connectivity index (χ4n) is 7.68. The molecule has 0 unspecified atom stereocenters. The van der Waals surface area contributed by atoms with E-state index < -0.39 is 0 Å². The van der Waals surface area contributed by atoms with Gasteiger partial charge < -0.3 is 9.32 Å². The zero-order valence-corrected chi connectivity index (χ0v) is 27.4. The van der Waals surface area contributed by atoms with E-state index in [2.05, 4.69) is 164 Å². The molecule has 0 atom stereocenters. The highest BCUT2D eigenvalue weighted by atomic mass is 16.3. The number of furan rings is 1. The molecular weight excluding hydrogens is 595 g/mol. The van der Waals surface area contributed by atoms with Crippen molar-refractivity contribution in [3.63, 3.8) is 0 Å². The largest absolute Gasteiger partial charge is 0.456 e. The van der Waals surface area contributed by atoms with E-state index in [-0.39, 0.29) is 0 Å². The quantitative estimate of drug-likeness (QED) is 0.189. The maximum atomic E-state index is 6.20. The fraction of sp³-hybridized carbons (Fsp3) is 0.0638. The van der Waals surface area contributed by atoms with Crippen LogP contribution in [0.4, 0.5) is 17.1 Å². The summed E-state index contributed by atoms with van der Waals surface area (Å²) in [6.07, 6.45) is 0. The van der Waals surface area contributed by atoms with Gasteiger partial charge in [-0.2, -0.15) is 0 Å². The van der Waals surface area contributed by atoms with Crippen molar-refractivity contribution in [2.75, 3.05) is 4.90 Å². The molecule has 0 radical (unpaired) electrons. The van der Waals surface area contributed by atoms with Crippen molar-refractivity contribution in [1.29, 1.82) is 0 Å². The van der Waals surface area contributed by atoms with Crippen molar-refractivity contribution >= 4 is 60.5 Å². The van der Waals surface area contributed by atoms with Gasteiger partial charge in [0, 0.05) is 27.8 Å². The van der Waals surface area contributed by atoms with Gasteiger partial charge in [-0.05, 0) is 145 Å². The normalized spacial score (nSPS) is 12.1. The number of hydrogen-bond acceptors (Lipinski definition) is 2. The molecule has 0 bridgehead atoms. The standard InChI is InChI=1S/C47H33NO/c1-29(2)31-11-8-12-37(22-31)48(39-19-20-47-45(28-39)40-13-6-7-14-46(40)49-47)38-18-17-34-25-42-43-26-35-21-32(30-9-4-3-5-10-30)15-16-33(35)24-41(43)44(42)27-36(34)23-38/h3-29H,1-2H3. The zero-order chi connectivity index (χ0) is 32.6. The molecule has 1 aromatic heterocycles. The Kier molecular flexibility index (Phi) is 6.10. The van der Waals surface area contributed by atoms with Gasteiger partial charge in [-0.25, -0.2) is 0 Å². The first kappa shape index (κ1) is 27.9. The third kappa shape index (κ3) is 4.48. The lowest BCUT2D eigenvalue weighted by atomic mass is 9.77. The second-order valence-electron chi connectivity index (χ2n) is 13.6. The number of benzene rings is 8. The fourth-order valence-corrected chi connectivity index (χ4v) is 7.68. The summed E-state index contributed by atoms with van der Waals surface area (Å²) in [6.45, 7) is 4.51. The van der Waals surface area contributed by atoms with Crippen LogP contribution in [0, 0.1) is 0 Å². The van der Waals surface area contributed by atoms with Crippen LogP contribution in [0.15, 0.2) is 162 Å². The van der Waals surface area contributed by atoms with Crippen molar-refractivity contribution in [3.05, 3.63) is 163 Å². The van der Waals surface area contributed by atoms with Crippen LogP contribution in [0.5, 0.6) is 0 Å². The van der Waals surface area contributed by atoms with E-state index in [4.69, 9.17) is 4.42 Å². The first-order valence-corrected chi connectivity index (χ1v) is 17.1. The van der Waals surface area contributed by atoms with E-state index in [9.17, 15) is 0 Å². The number of hydrogen-bond donors (Lipinski definition) is 0. The van der Waals surface area contributed by atoms with E-state index in [1.165, 1.54) is 60.5 Å². The highest BCUT2D eigenvalue weighted by Crippen LogP contribution is 2.51. The summed E-state index contributed by atoms with van der Waals surface area (Å²) >= 11 is 0. The minimum atomic E-state index is 0.429. The average molecular weight is 628 g/mol. The number of para-hydroxylation sites is 1. The first-order valence-electron chi connectivity index (χ1n) is 17.1. The van der Waals surface area contributed by atoms with Crippen molar-refractivity contribution in [3.8, 4) is 33.4 Å². The van der Waals surface area contributed by atoms with Crippen molar-refractivity contribution in [2.45, 2.75) is 19.8 Å². The minimum absolute atomic E-state index is 0.429. The molecule has 1 heterocycles. The van der Waals surface area contributed by atoms with Crippen LogP contribution in [-0.4, -0.2) is 0 Å². The number of fused-ring (bicyclic) bond motifs is 9. The van der Waals surface area contributed by atoms with Crippen LogP contribution >= 0.6 is 0 Å². The van der Waals surface area contributed by atoms with Crippen molar-refractivity contribution in [2.24, 2.45) is 0 Å². The van der Waals surface area contributed by atoms with Gasteiger partial charge in [-0.15, -0.1) is 0 Å². The Morgan fingerprint density at radius 3 is 1.80 bits per heavy atom. The van der Waals surface area contributed by atoms with E-state index in [0.717, 1.165) is 39.0 Å². The Balaban J connectivity index is 1.09. The molecule has 2 heteroatoms. The predicted octanol–water partition coefficient (Wildman–Crippen LogP) is 13.8. The summed E-state index contributed by atoms with van der Waals surface area (Å²) in [5, 5.41) is 7.30. The van der Waals surface area contributed by atoms with Gasteiger partial charge in [0.1, 0.15) is 11.2 Å². The van der Waals surface area contributed by atoms with Gasteiger partial charge in [0.05, 0.1) is 0 Å². The van der Waals surface area contributed by atoms with Crippen LogP contribution in [0.1, 0.15) is 25.3 Å². The van der Waals surface area contributed by atoms with Gasteiger partial charge in [-0.1, -0.05) is 92.7 Å². The SMILES string of the molecule is CC(C)c1cccc(N(c2ccc3cc4c(cc3c2)-c2cc3ccc(-c5ccccc5)cc3cc2-4)c2ccc3oc4ccccc4c3c2)c1. The maximum Gasteiger partial charge on any atom is 0.135 e. The van der Waals surface area contributed by atoms with Gasteiger partial charge in [0.2, 0.25) is 0 Å². The average Bonchev–Trinajstić information content (AvgIpc) is 3.52. The maximum absolute atomic E-state index is 6.20. The number of rotatable bonds is 5. The van der Waals surface area contributed by atoms with Gasteiger partial charge in [0.25, 0.3) is 0 Å². The summed E-state index contributed by atoms with van der Waals surface area (Å²) < 4.78 is 6.20.